The molecule has 50 heavy (non-hydrogen) atoms. The van der Waals surface area contributed by atoms with Crippen LogP contribution in [0.1, 0.15) is 16.7 Å². The molecule has 1 aromatic heterocycles. The van der Waals surface area contributed by atoms with E-state index >= 15 is 0 Å². The number of hydrogen-bond acceptors (Lipinski definition) is 3. The maximum absolute atomic E-state index is 7.03. The summed E-state index contributed by atoms with van der Waals surface area (Å²) in [6.45, 7) is 6.46. The number of nitrogens with zero attached hydrogens (tertiary/aromatic N) is 2. The standard InChI is InChI=1S/C47H34N2O/c1-29-19-23-32(24-20-29)48(39-17-8-4-11-31(39)3)41-27-43-46(37-14-6-5-13-35(37)41)47-38-16-10-15-36-34-12-7-9-18-40(34)49(33-25-21-30(2)22-26-33)42(45(36)38)28-44(47)50-43/h4-28H,1-3H3. The molecule has 0 aliphatic carbocycles. The molecule has 0 radical (unpaired) electrons. The third-order valence-electron chi connectivity index (χ3n) is 10.4. The molecule has 0 amide bonds. The normalized spacial score (nSPS) is 12.3. The molecular weight excluding hydrogens is 609 g/mol. The van der Waals surface area contributed by atoms with Gasteiger partial charge in [0.15, 0.2) is 0 Å². The third kappa shape index (κ3) is 4.17. The van der Waals surface area contributed by atoms with Crippen LogP contribution in [0.15, 0.2) is 156 Å². The van der Waals surface area contributed by atoms with Crippen LogP contribution in [0.3, 0.4) is 0 Å². The molecule has 8 aromatic carbocycles. The molecule has 0 bridgehead atoms. The second-order valence-corrected chi connectivity index (χ2v) is 13.6. The summed E-state index contributed by atoms with van der Waals surface area (Å²) in [5.74, 6) is 0. The number of aryl methyl sites for hydroxylation is 3. The van der Waals surface area contributed by atoms with Gasteiger partial charge in [0, 0.05) is 56.3 Å². The van der Waals surface area contributed by atoms with Gasteiger partial charge in [0.25, 0.3) is 0 Å². The molecule has 10 rings (SSSR count). The summed E-state index contributed by atoms with van der Waals surface area (Å²) >= 11 is 0. The lowest BCUT2D eigenvalue weighted by atomic mass is 9.88. The molecule has 0 spiro atoms. The summed E-state index contributed by atoms with van der Waals surface area (Å²) in [4.78, 5) is 4.78. The van der Waals surface area contributed by atoms with Crippen LogP contribution in [-0.2, 0) is 0 Å². The van der Waals surface area contributed by atoms with Crippen LogP contribution in [0.25, 0.3) is 54.6 Å². The first-order valence-corrected chi connectivity index (χ1v) is 17.3. The average molecular weight is 643 g/mol. The van der Waals surface area contributed by atoms with E-state index < -0.39 is 0 Å². The minimum Gasteiger partial charge on any atom is -0.456 e. The lowest BCUT2D eigenvalue weighted by Crippen LogP contribution is -2.15. The lowest BCUT2D eigenvalue weighted by Gasteiger charge is -2.33. The molecule has 3 nitrogen and oxygen atoms in total. The Balaban J connectivity index is 1.32. The molecule has 0 saturated carbocycles. The first-order valence-electron chi connectivity index (χ1n) is 17.3. The highest BCUT2D eigenvalue weighted by Crippen LogP contribution is 2.54. The molecule has 9 aromatic rings. The van der Waals surface area contributed by atoms with Crippen molar-refractivity contribution in [1.82, 2.24) is 0 Å². The largest absolute Gasteiger partial charge is 0.456 e. The van der Waals surface area contributed by atoms with Crippen molar-refractivity contribution in [2.75, 3.05) is 9.80 Å². The van der Waals surface area contributed by atoms with E-state index in [1.165, 1.54) is 55.0 Å². The van der Waals surface area contributed by atoms with Crippen LogP contribution in [-0.4, -0.2) is 0 Å². The van der Waals surface area contributed by atoms with Gasteiger partial charge in [-0.05, 0) is 79.1 Å². The molecular formula is C47H34N2O. The Morgan fingerprint density at radius 2 is 1.08 bits per heavy atom. The molecule has 0 unspecified atom stereocenters. The third-order valence-corrected chi connectivity index (χ3v) is 10.4. The van der Waals surface area contributed by atoms with Crippen molar-refractivity contribution in [1.29, 1.82) is 0 Å². The zero-order chi connectivity index (χ0) is 33.5. The number of furan rings is 1. The molecule has 1 aliphatic rings. The SMILES string of the molecule is Cc1ccc(N(c2ccccc2C)c2cc3oc4cc5c6c(cccc6c4c3c3ccccc23)-c2ccccc2N5c2ccc(C)cc2)cc1. The van der Waals surface area contributed by atoms with Crippen molar-refractivity contribution in [2.24, 2.45) is 0 Å². The molecule has 0 fully saturated rings. The number of rotatable bonds is 4. The second-order valence-electron chi connectivity index (χ2n) is 13.6. The van der Waals surface area contributed by atoms with Crippen molar-refractivity contribution in [3.63, 3.8) is 0 Å². The summed E-state index contributed by atoms with van der Waals surface area (Å²) in [6, 6.07) is 55.1. The summed E-state index contributed by atoms with van der Waals surface area (Å²) < 4.78 is 7.03. The van der Waals surface area contributed by atoms with Crippen LogP contribution >= 0.6 is 0 Å². The zero-order valence-corrected chi connectivity index (χ0v) is 28.2. The molecule has 0 N–H and O–H groups in total. The van der Waals surface area contributed by atoms with Crippen molar-refractivity contribution in [3.8, 4) is 11.1 Å². The maximum Gasteiger partial charge on any atom is 0.138 e. The summed E-state index contributed by atoms with van der Waals surface area (Å²) in [6.07, 6.45) is 0. The first-order chi connectivity index (χ1) is 24.5. The number of fused-ring (bicyclic) bond motifs is 8. The van der Waals surface area contributed by atoms with Crippen LogP contribution in [0.4, 0.5) is 34.1 Å². The smallest absolute Gasteiger partial charge is 0.138 e. The number of hydrogen-bond donors (Lipinski definition) is 0. The van der Waals surface area contributed by atoms with Gasteiger partial charge < -0.3 is 14.2 Å². The zero-order valence-electron chi connectivity index (χ0n) is 28.2. The second kappa shape index (κ2) is 10.8. The molecule has 238 valence electrons. The van der Waals surface area contributed by atoms with Crippen LogP contribution in [0, 0.1) is 20.8 Å². The van der Waals surface area contributed by atoms with E-state index in [9.17, 15) is 0 Å². The lowest BCUT2D eigenvalue weighted by molar-refractivity contribution is 0.669. The van der Waals surface area contributed by atoms with Gasteiger partial charge >= 0.3 is 0 Å². The summed E-state index contributed by atoms with van der Waals surface area (Å²) in [5, 5.41) is 7.11. The molecule has 2 heterocycles. The van der Waals surface area contributed by atoms with Gasteiger partial charge in [-0.3, -0.25) is 0 Å². The maximum atomic E-state index is 7.03. The fourth-order valence-corrected chi connectivity index (χ4v) is 8.06. The van der Waals surface area contributed by atoms with Gasteiger partial charge in [-0.15, -0.1) is 0 Å². The first kappa shape index (κ1) is 28.7. The van der Waals surface area contributed by atoms with E-state index in [4.69, 9.17) is 4.42 Å². The van der Waals surface area contributed by atoms with E-state index in [1.54, 1.807) is 0 Å². The Hall–Kier alpha value is -6.32. The minimum atomic E-state index is 0.877. The Morgan fingerprint density at radius 1 is 0.460 bits per heavy atom. The minimum absolute atomic E-state index is 0.877. The predicted octanol–water partition coefficient (Wildman–Crippen LogP) is 13.7. The van der Waals surface area contributed by atoms with E-state index in [0.717, 1.165) is 50.4 Å². The highest BCUT2D eigenvalue weighted by Gasteiger charge is 2.29. The van der Waals surface area contributed by atoms with E-state index in [1.807, 2.05) is 0 Å². The van der Waals surface area contributed by atoms with Gasteiger partial charge in [0.2, 0.25) is 0 Å². The Labute approximate surface area is 291 Å². The number of para-hydroxylation sites is 2. The molecule has 0 saturated heterocycles. The van der Waals surface area contributed by atoms with Gasteiger partial charge in [-0.1, -0.05) is 114 Å². The Bertz CT molecular complexity index is 2790. The quantitative estimate of drug-likeness (QED) is 0.190. The number of anilines is 6. The van der Waals surface area contributed by atoms with Crippen LogP contribution in [0.2, 0.25) is 0 Å². The summed E-state index contributed by atoms with van der Waals surface area (Å²) in [5.41, 5.74) is 14.7. The van der Waals surface area contributed by atoms with Crippen LogP contribution < -0.4 is 9.80 Å². The van der Waals surface area contributed by atoms with Gasteiger partial charge in [0.1, 0.15) is 11.2 Å². The van der Waals surface area contributed by atoms with E-state index in [-0.39, 0.29) is 0 Å². The van der Waals surface area contributed by atoms with Crippen molar-refractivity contribution in [3.05, 3.63) is 168 Å². The van der Waals surface area contributed by atoms with Crippen molar-refractivity contribution in [2.45, 2.75) is 20.8 Å². The average Bonchev–Trinajstić information content (AvgIpc) is 3.53. The highest BCUT2D eigenvalue weighted by atomic mass is 16.3. The monoisotopic (exact) mass is 642 g/mol. The van der Waals surface area contributed by atoms with Crippen molar-refractivity contribution >= 4 is 77.6 Å². The molecule has 1 aliphatic heterocycles. The fourth-order valence-electron chi connectivity index (χ4n) is 8.06. The molecule has 0 atom stereocenters. The topological polar surface area (TPSA) is 19.6 Å². The molecule has 3 heteroatoms. The van der Waals surface area contributed by atoms with Gasteiger partial charge in [0.05, 0.1) is 17.1 Å². The van der Waals surface area contributed by atoms with E-state index in [0.29, 0.717) is 0 Å². The summed E-state index contributed by atoms with van der Waals surface area (Å²) in [7, 11) is 0. The predicted molar refractivity (Wildman–Crippen MR) is 211 cm³/mol. The Morgan fingerprint density at radius 3 is 1.88 bits per heavy atom. The Kier molecular flexibility index (Phi) is 6.22. The number of benzene rings is 8. The van der Waals surface area contributed by atoms with E-state index in [2.05, 4.69) is 182 Å². The fraction of sp³-hybridized carbons (Fsp3) is 0.0638. The van der Waals surface area contributed by atoms with Gasteiger partial charge in [-0.2, -0.15) is 0 Å². The van der Waals surface area contributed by atoms with Crippen molar-refractivity contribution < 1.29 is 4.42 Å². The highest BCUT2D eigenvalue weighted by molar-refractivity contribution is 6.32. The van der Waals surface area contributed by atoms with Gasteiger partial charge in [-0.25, -0.2) is 0 Å². The van der Waals surface area contributed by atoms with Crippen LogP contribution in [0.5, 0.6) is 0 Å².